The van der Waals surface area contributed by atoms with E-state index in [0.717, 1.165) is 25.7 Å². The number of unbranched alkanes of at least 4 members (excludes halogenated alkanes) is 2. The molecule has 0 aliphatic rings. The minimum absolute atomic E-state index is 0.0812. The van der Waals surface area contributed by atoms with Crippen molar-refractivity contribution in [2.75, 3.05) is 0 Å². The first-order valence-corrected chi connectivity index (χ1v) is 11.9. The first-order chi connectivity index (χ1) is 13.0. The van der Waals surface area contributed by atoms with Gasteiger partial charge in [-0.2, -0.15) is 8.42 Å². The van der Waals surface area contributed by atoms with Crippen LogP contribution in [-0.4, -0.2) is 39.9 Å². The quantitative estimate of drug-likeness (QED) is 0.310. The highest BCUT2D eigenvalue weighted by atomic mass is 32.2. The Morgan fingerprint density at radius 2 is 1.36 bits per heavy atom. The maximum Gasteiger partial charge on any atom is 0.328 e. The summed E-state index contributed by atoms with van der Waals surface area (Å²) in [5, 5.41) is 19.7. The molecule has 0 fully saturated rings. The molecular formula is C20H38O7S. The topological polar surface area (TPSA) is 129 Å². The van der Waals surface area contributed by atoms with Crippen LogP contribution < -0.4 is 0 Å². The molecule has 0 aliphatic carbocycles. The maximum absolute atomic E-state index is 12.4. The molecule has 0 heterocycles. The zero-order valence-electron chi connectivity index (χ0n) is 17.7. The molecule has 0 saturated heterocycles. The van der Waals surface area contributed by atoms with Crippen LogP contribution in [-0.2, 0) is 19.7 Å². The third-order valence-corrected chi connectivity index (χ3v) is 7.48. The summed E-state index contributed by atoms with van der Waals surface area (Å²) in [5.74, 6) is -5.37. The monoisotopic (exact) mass is 422 g/mol. The van der Waals surface area contributed by atoms with Crippen molar-refractivity contribution >= 4 is 22.1 Å². The second-order valence-corrected chi connectivity index (χ2v) is 9.51. The highest BCUT2D eigenvalue weighted by Crippen LogP contribution is 2.41. The third-order valence-electron chi connectivity index (χ3n) is 5.93. The van der Waals surface area contributed by atoms with Crippen LogP contribution in [0.15, 0.2) is 0 Å². The van der Waals surface area contributed by atoms with E-state index >= 15 is 0 Å². The molecule has 0 amide bonds. The first kappa shape index (κ1) is 26.9. The normalized spacial score (nSPS) is 17.5. The summed E-state index contributed by atoms with van der Waals surface area (Å²) in [5.41, 5.74) is 0. The van der Waals surface area contributed by atoms with E-state index in [1.807, 2.05) is 27.7 Å². The van der Waals surface area contributed by atoms with Gasteiger partial charge < -0.3 is 10.2 Å². The molecule has 8 heteroatoms. The van der Waals surface area contributed by atoms with E-state index < -0.39 is 39.1 Å². The largest absolute Gasteiger partial charge is 0.481 e. The Morgan fingerprint density at radius 1 is 0.893 bits per heavy atom. The molecule has 4 unspecified atom stereocenters. The first-order valence-electron chi connectivity index (χ1n) is 10.4. The van der Waals surface area contributed by atoms with Crippen LogP contribution in [0.4, 0.5) is 0 Å². The van der Waals surface area contributed by atoms with E-state index in [1.54, 1.807) is 0 Å². The highest BCUT2D eigenvalue weighted by Gasteiger charge is 2.60. The van der Waals surface area contributed by atoms with Crippen LogP contribution in [0.2, 0.25) is 0 Å². The molecule has 28 heavy (non-hydrogen) atoms. The Hall–Kier alpha value is -1.15. The molecule has 4 atom stereocenters. The third kappa shape index (κ3) is 7.03. The van der Waals surface area contributed by atoms with Gasteiger partial charge in [-0.1, -0.05) is 79.1 Å². The molecule has 166 valence electrons. The summed E-state index contributed by atoms with van der Waals surface area (Å²) in [6.07, 6.45) is 5.37. The minimum Gasteiger partial charge on any atom is -0.481 e. The number of carboxylic acid groups (broad SMARTS) is 2. The van der Waals surface area contributed by atoms with Crippen molar-refractivity contribution in [2.24, 2.45) is 17.8 Å². The SMILES string of the molecule is CCCCC(CC)CC(C(=O)O)C(CC(CC)CCCC)(C(=O)O)S(=O)(=O)O. The molecular weight excluding hydrogens is 384 g/mol. The van der Waals surface area contributed by atoms with E-state index in [0.29, 0.717) is 25.7 Å². The molecule has 0 aromatic carbocycles. The summed E-state index contributed by atoms with van der Waals surface area (Å²) in [4.78, 5) is 24.3. The summed E-state index contributed by atoms with van der Waals surface area (Å²) in [7, 11) is -5.15. The molecule has 7 nitrogen and oxygen atoms in total. The van der Waals surface area contributed by atoms with Crippen LogP contribution in [0.1, 0.15) is 91.9 Å². The van der Waals surface area contributed by atoms with E-state index in [-0.39, 0.29) is 18.3 Å². The molecule has 0 spiro atoms. The lowest BCUT2D eigenvalue weighted by atomic mass is 9.76. The van der Waals surface area contributed by atoms with Gasteiger partial charge in [0.15, 0.2) is 0 Å². The summed E-state index contributed by atoms with van der Waals surface area (Å²) < 4.78 is 32.0. The van der Waals surface area contributed by atoms with Gasteiger partial charge in [0, 0.05) is 0 Å². The van der Waals surface area contributed by atoms with Gasteiger partial charge >= 0.3 is 11.9 Å². The Labute approximate surface area is 169 Å². The van der Waals surface area contributed by atoms with Crippen LogP contribution in [0.5, 0.6) is 0 Å². The standard InChI is InChI=1S/C20H38O7S/c1-5-9-11-15(7-3)13-17(18(21)22)20(19(23)24,28(25,26)27)14-16(8-4)12-10-6-2/h15-17H,5-14H2,1-4H3,(H,21,22)(H,23,24)(H,25,26,27). The highest BCUT2D eigenvalue weighted by molar-refractivity contribution is 7.88. The number of carbonyl (C=O) groups is 2. The van der Waals surface area contributed by atoms with Crippen molar-refractivity contribution in [3.8, 4) is 0 Å². The molecule has 0 saturated carbocycles. The van der Waals surface area contributed by atoms with Crippen molar-refractivity contribution in [1.29, 1.82) is 0 Å². The van der Waals surface area contributed by atoms with Gasteiger partial charge in [-0.05, 0) is 24.7 Å². The van der Waals surface area contributed by atoms with Gasteiger partial charge in [-0.25, -0.2) is 0 Å². The molecule has 0 aromatic heterocycles. The number of rotatable bonds is 16. The minimum atomic E-state index is -5.15. The van der Waals surface area contributed by atoms with Gasteiger partial charge in [-0.3, -0.25) is 14.1 Å². The average molecular weight is 423 g/mol. The fourth-order valence-corrected chi connectivity index (χ4v) is 5.18. The summed E-state index contributed by atoms with van der Waals surface area (Å²) in [6.45, 7) is 7.67. The fourth-order valence-electron chi connectivity index (χ4n) is 3.95. The maximum atomic E-state index is 12.4. The van der Waals surface area contributed by atoms with Crippen molar-refractivity contribution in [3.63, 3.8) is 0 Å². The number of hydrogen-bond acceptors (Lipinski definition) is 4. The zero-order valence-corrected chi connectivity index (χ0v) is 18.5. The van der Waals surface area contributed by atoms with Crippen molar-refractivity contribution < 1.29 is 32.8 Å². The molecule has 0 aliphatic heterocycles. The zero-order chi connectivity index (χ0) is 22.0. The Bertz CT molecular complexity index is 587. The lowest BCUT2D eigenvalue weighted by Gasteiger charge is -2.36. The smallest absolute Gasteiger partial charge is 0.328 e. The second-order valence-electron chi connectivity index (χ2n) is 7.83. The lowest BCUT2D eigenvalue weighted by Crippen LogP contribution is -2.56. The van der Waals surface area contributed by atoms with E-state index in [2.05, 4.69) is 0 Å². The Kier molecular flexibility index (Phi) is 11.9. The van der Waals surface area contributed by atoms with Crippen molar-refractivity contribution in [1.82, 2.24) is 0 Å². The molecule has 0 aromatic rings. The summed E-state index contributed by atoms with van der Waals surface area (Å²) >= 11 is 0. The van der Waals surface area contributed by atoms with Crippen LogP contribution in [0.3, 0.4) is 0 Å². The molecule has 0 radical (unpaired) electrons. The van der Waals surface area contributed by atoms with Gasteiger partial charge in [0.1, 0.15) is 0 Å². The number of hydrogen-bond donors (Lipinski definition) is 3. The fraction of sp³-hybridized carbons (Fsp3) is 0.900. The van der Waals surface area contributed by atoms with Crippen LogP contribution >= 0.6 is 0 Å². The van der Waals surface area contributed by atoms with E-state index in [1.165, 1.54) is 0 Å². The van der Waals surface area contributed by atoms with Gasteiger partial charge in [0.2, 0.25) is 4.75 Å². The predicted molar refractivity (Wildman–Crippen MR) is 109 cm³/mol. The molecule has 3 N–H and O–H groups in total. The molecule has 0 rings (SSSR count). The number of carboxylic acids is 2. The second kappa shape index (κ2) is 12.4. The van der Waals surface area contributed by atoms with Crippen LogP contribution in [0, 0.1) is 17.8 Å². The molecule has 0 bridgehead atoms. The Balaban J connectivity index is 6.20. The Morgan fingerprint density at radius 3 is 1.68 bits per heavy atom. The van der Waals surface area contributed by atoms with E-state index in [4.69, 9.17) is 0 Å². The predicted octanol–water partition coefficient (Wildman–Crippen LogP) is 4.61. The van der Waals surface area contributed by atoms with Crippen molar-refractivity contribution in [3.05, 3.63) is 0 Å². The van der Waals surface area contributed by atoms with E-state index in [9.17, 15) is 32.8 Å². The average Bonchev–Trinajstić information content (AvgIpc) is 2.61. The van der Waals surface area contributed by atoms with Crippen molar-refractivity contribution in [2.45, 2.75) is 96.7 Å². The number of aliphatic carboxylic acids is 2. The summed E-state index contributed by atoms with van der Waals surface area (Å²) in [6, 6.07) is 0. The lowest BCUT2D eigenvalue weighted by molar-refractivity contribution is -0.153. The van der Waals surface area contributed by atoms with Gasteiger partial charge in [0.05, 0.1) is 5.92 Å². The van der Waals surface area contributed by atoms with Crippen LogP contribution in [0.25, 0.3) is 0 Å². The van der Waals surface area contributed by atoms with Gasteiger partial charge in [-0.15, -0.1) is 0 Å². The van der Waals surface area contributed by atoms with Gasteiger partial charge in [0.25, 0.3) is 10.1 Å².